The number of hydrogen-bond acceptors (Lipinski definition) is 3. The molecule has 1 amide bonds. The molecule has 0 aliphatic heterocycles. The van der Waals surface area contributed by atoms with Gasteiger partial charge in [-0.1, -0.05) is 65.4 Å². The molecule has 0 N–H and O–H groups in total. The highest BCUT2D eigenvalue weighted by Crippen LogP contribution is 2.22. The Morgan fingerprint density at radius 2 is 1.96 bits per heavy atom. The van der Waals surface area contributed by atoms with Crippen molar-refractivity contribution in [3.8, 4) is 0 Å². The lowest BCUT2D eigenvalue weighted by molar-refractivity contribution is -0.117. The third-order valence-electron chi connectivity index (χ3n) is 4.53. The van der Waals surface area contributed by atoms with Crippen molar-refractivity contribution in [3.63, 3.8) is 0 Å². The summed E-state index contributed by atoms with van der Waals surface area (Å²) in [6.45, 7) is 8.24. The molecule has 0 fully saturated rings. The fraction of sp³-hybridized carbons (Fsp3) is 0.364. The second-order valence-corrected chi connectivity index (χ2v) is 8.85. The van der Waals surface area contributed by atoms with Gasteiger partial charge in [-0.15, -0.1) is 0 Å². The largest absolute Gasteiger partial charge is 0.380 e. The Labute approximate surface area is 178 Å². The molecule has 0 saturated carbocycles. The monoisotopic (exact) mass is 460 g/mol. The molecule has 0 saturated heterocycles. The quantitative estimate of drug-likeness (QED) is 0.449. The first kappa shape index (κ1) is 21.0. The lowest BCUT2D eigenvalue weighted by atomic mass is 10.0. The van der Waals surface area contributed by atoms with E-state index in [-0.39, 0.29) is 5.91 Å². The van der Waals surface area contributed by atoms with Gasteiger partial charge in [-0.05, 0) is 42.2 Å². The van der Waals surface area contributed by atoms with Crippen LogP contribution in [0.3, 0.4) is 0 Å². The van der Waals surface area contributed by atoms with E-state index in [2.05, 4.69) is 63.6 Å². The van der Waals surface area contributed by atoms with Crippen LogP contribution in [0.1, 0.15) is 37.8 Å². The number of aromatic nitrogens is 1. The maximum absolute atomic E-state index is 12.6. The van der Waals surface area contributed by atoms with Crippen molar-refractivity contribution in [3.05, 3.63) is 62.9 Å². The molecule has 0 spiro atoms. The van der Waals surface area contributed by atoms with Crippen molar-refractivity contribution in [1.29, 1.82) is 0 Å². The van der Waals surface area contributed by atoms with E-state index in [1.807, 2.05) is 25.1 Å². The summed E-state index contributed by atoms with van der Waals surface area (Å²) in [5, 5.41) is 0. The molecule has 3 rings (SSSR count). The van der Waals surface area contributed by atoms with Crippen molar-refractivity contribution in [2.24, 2.45) is 4.99 Å². The first-order valence-corrected chi connectivity index (χ1v) is 11.1. The van der Waals surface area contributed by atoms with Crippen LogP contribution < -0.4 is 4.80 Å². The molecule has 4 nitrogen and oxygen atoms in total. The summed E-state index contributed by atoms with van der Waals surface area (Å²) in [4.78, 5) is 17.8. The van der Waals surface area contributed by atoms with Crippen LogP contribution in [0.5, 0.6) is 0 Å². The number of ether oxygens (including phenoxy) is 1. The number of carbonyl (C=O) groups excluding carboxylic acids is 1. The number of thiazole rings is 1. The van der Waals surface area contributed by atoms with Crippen LogP contribution in [0.4, 0.5) is 0 Å². The minimum atomic E-state index is -0.131. The van der Waals surface area contributed by atoms with Crippen molar-refractivity contribution >= 4 is 43.4 Å². The van der Waals surface area contributed by atoms with Crippen LogP contribution >= 0.6 is 27.3 Å². The number of rotatable bonds is 7. The highest BCUT2D eigenvalue weighted by molar-refractivity contribution is 9.10. The summed E-state index contributed by atoms with van der Waals surface area (Å²) in [6, 6.07) is 14.3. The van der Waals surface area contributed by atoms with Gasteiger partial charge < -0.3 is 9.30 Å². The van der Waals surface area contributed by atoms with Gasteiger partial charge in [0.1, 0.15) is 0 Å². The van der Waals surface area contributed by atoms with E-state index in [1.165, 1.54) is 16.9 Å². The van der Waals surface area contributed by atoms with Gasteiger partial charge >= 0.3 is 0 Å². The third-order valence-corrected chi connectivity index (χ3v) is 6.06. The van der Waals surface area contributed by atoms with E-state index in [0.29, 0.717) is 32.1 Å². The van der Waals surface area contributed by atoms with Crippen molar-refractivity contribution in [2.75, 3.05) is 13.2 Å². The zero-order valence-corrected chi connectivity index (χ0v) is 18.8. The van der Waals surface area contributed by atoms with E-state index in [4.69, 9.17) is 4.74 Å². The molecule has 148 valence electrons. The van der Waals surface area contributed by atoms with Crippen LogP contribution in [0.2, 0.25) is 0 Å². The summed E-state index contributed by atoms with van der Waals surface area (Å²) in [5.74, 6) is 0.352. The Hall–Kier alpha value is -1.76. The summed E-state index contributed by atoms with van der Waals surface area (Å²) in [6.07, 6.45) is 0.307. The van der Waals surface area contributed by atoms with Crippen LogP contribution in [-0.4, -0.2) is 23.7 Å². The molecule has 1 heterocycles. The molecule has 0 unspecified atom stereocenters. The van der Waals surface area contributed by atoms with E-state index in [0.717, 1.165) is 25.1 Å². The number of hydrogen-bond donors (Lipinski definition) is 0. The first-order valence-electron chi connectivity index (χ1n) is 9.51. The van der Waals surface area contributed by atoms with Crippen LogP contribution in [-0.2, 0) is 22.5 Å². The average Bonchev–Trinajstić information content (AvgIpc) is 2.98. The summed E-state index contributed by atoms with van der Waals surface area (Å²) in [7, 11) is 0. The number of benzene rings is 2. The normalized spacial score (nSPS) is 12.2. The molecule has 0 aliphatic carbocycles. The summed E-state index contributed by atoms with van der Waals surface area (Å²) >= 11 is 5.05. The van der Waals surface area contributed by atoms with E-state index in [9.17, 15) is 4.79 Å². The van der Waals surface area contributed by atoms with Gasteiger partial charge in [0, 0.05) is 17.6 Å². The summed E-state index contributed by atoms with van der Waals surface area (Å²) < 4.78 is 9.70. The van der Waals surface area contributed by atoms with Crippen LogP contribution in [0.15, 0.2) is 51.9 Å². The minimum Gasteiger partial charge on any atom is -0.380 e. The van der Waals surface area contributed by atoms with Gasteiger partial charge in [0.25, 0.3) is 5.91 Å². The molecule has 1 aromatic heterocycles. The Balaban J connectivity index is 1.88. The van der Waals surface area contributed by atoms with Gasteiger partial charge in [0.2, 0.25) is 0 Å². The number of amides is 1. The Kier molecular flexibility index (Phi) is 7.21. The number of carbonyl (C=O) groups is 1. The van der Waals surface area contributed by atoms with E-state index in [1.54, 1.807) is 0 Å². The molecule has 28 heavy (non-hydrogen) atoms. The molecule has 0 bridgehead atoms. The van der Waals surface area contributed by atoms with Gasteiger partial charge in [0.05, 0.1) is 23.2 Å². The second-order valence-electron chi connectivity index (χ2n) is 6.92. The SMILES string of the molecule is CCOCCn1c(=NC(=O)Cc2ccc(C(C)C)cc2)sc2cc(Br)ccc21. The van der Waals surface area contributed by atoms with E-state index < -0.39 is 0 Å². The fourth-order valence-electron chi connectivity index (χ4n) is 2.99. The topological polar surface area (TPSA) is 43.6 Å². The number of nitrogens with zero attached hydrogens (tertiary/aromatic N) is 2. The Morgan fingerprint density at radius 1 is 1.21 bits per heavy atom. The van der Waals surface area contributed by atoms with Crippen molar-refractivity contribution in [1.82, 2.24) is 4.57 Å². The Bertz CT molecular complexity index is 1020. The highest BCUT2D eigenvalue weighted by Gasteiger charge is 2.09. The number of fused-ring (bicyclic) bond motifs is 1. The zero-order chi connectivity index (χ0) is 20.1. The fourth-order valence-corrected chi connectivity index (χ4v) is 4.62. The van der Waals surface area contributed by atoms with E-state index >= 15 is 0 Å². The molecule has 6 heteroatoms. The van der Waals surface area contributed by atoms with Gasteiger partial charge in [-0.25, -0.2) is 0 Å². The molecular formula is C22H25BrN2O2S. The molecule has 0 aliphatic rings. The molecular weight excluding hydrogens is 436 g/mol. The lowest BCUT2D eigenvalue weighted by Crippen LogP contribution is -2.20. The lowest BCUT2D eigenvalue weighted by Gasteiger charge is -2.06. The van der Waals surface area contributed by atoms with Gasteiger partial charge in [-0.2, -0.15) is 4.99 Å². The van der Waals surface area contributed by atoms with Gasteiger partial charge in [0.15, 0.2) is 4.80 Å². The maximum Gasteiger partial charge on any atom is 0.252 e. The maximum atomic E-state index is 12.6. The predicted octanol–water partition coefficient (Wildman–Crippen LogP) is 5.30. The first-order chi connectivity index (χ1) is 13.5. The average molecular weight is 461 g/mol. The standard InChI is InChI=1S/C22H25BrN2O2S/c1-4-27-12-11-25-19-10-9-18(23)14-20(19)28-22(25)24-21(26)13-16-5-7-17(8-6-16)15(2)3/h5-10,14-15H,4,11-13H2,1-3H3. The molecule has 3 aromatic rings. The highest BCUT2D eigenvalue weighted by atomic mass is 79.9. The van der Waals surface area contributed by atoms with Crippen molar-refractivity contribution in [2.45, 2.75) is 39.7 Å². The van der Waals surface area contributed by atoms with Gasteiger partial charge in [-0.3, -0.25) is 4.79 Å². The molecule has 0 atom stereocenters. The van der Waals surface area contributed by atoms with Crippen LogP contribution in [0.25, 0.3) is 10.2 Å². The zero-order valence-electron chi connectivity index (χ0n) is 16.4. The molecule has 0 radical (unpaired) electrons. The summed E-state index contributed by atoms with van der Waals surface area (Å²) in [5.41, 5.74) is 3.33. The van der Waals surface area contributed by atoms with Crippen molar-refractivity contribution < 1.29 is 9.53 Å². The smallest absolute Gasteiger partial charge is 0.252 e. The predicted molar refractivity (Wildman–Crippen MR) is 119 cm³/mol. The number of halogens is 1. The second kappa shape index (κ2) is 9.63. The minimum absolute atomic E-state index is 0.131. The third kappa shape index (κ3) is 5.19. The molecule has 2 aromatic carbocycles. The Morgan fingerprint density at radius 3 is 2.64 bits per heavy atom. The van der Waals surface area contributed by atoms with Crippen LogP contribution in [0, 0.1) is 0 Å².